The van der Waals surface area contributed by atoms with Crippen LogP contribution in [0.15, 0.2) is 17.0 Å². The van der Waals surface area contributed by atoms with Gasteiger partial charge < -0.3 is 5.11 Å². The lowest BCUT2D eigenvalue weighted by Gasteiger charge is -2.57. The smallest absolute Gasteiger partial charge is 0.264 e. The number of aromatic hydroxyl groups is 1. The van der Waals surface area contributed by atoms with E-state index in [1.165, 1.54) is 25.3 Å². The molecule has 0 amide bonds. The molecule has 0 heterocycles. The minimum atomic E-state index is -3.93. The van der Waals surface area contributed by atoms with Gasteiger partial charge in [0.2, 0.25) is 0 Å². The third kappa shape index (κ3) is 2.18. The van der Waals surface area contributed by atoms with Gasteiger partial charge in [-0.25, -0.2) is 8.42 Å². The monoisotopic (exact) mass is 340 g/mol. The molecule has 3 nitrogen and oxygen atoms in total. The van der Waals surface area contributed by atoms with Gasteiger partial charge >= 0.3 is 0 Å². The third-order valence-corrected chi connectivity index (χ3v) is 7.43. The van der Waals surface area contributed by atoms with E-state index in [0.717, 1.165) is 48.1 Å². The Bertz CT molecular complexity index is 703. The van der Waals surface area contributed by atoms with Gasteiger partial charge in [-0.15, -0.1) is 0 Å². The minimum Gasteiger partial charge on any atom is -0.506 e. The van der Waals surface area contributed by atoms with E-state index in [9.17, 15) is 13.5 Å². The number of hydrogen-bond donors (Lipinski definition) is 1. The van der Waals surface area contributed by atoms with Gasteiger partial charge in [-0.1, -0.05) is 6.07 Å². The van der Waals surface area contributed by atoms with Crippen LogP contribution >= 0.6 is 10.7 Å². The van der Waals surface area contributed by atoms with Crippen molar-refractivity contribution >= 4 is 19.7 Å². The van der Waals surface area contributed by atoms with Crippen LogP contribution in [0, 0.1) is 24.7 Å². The Hall–Kier alpha value is -0.740. The highest BCUT2D eigenvalue weighted by Gasteiger charge is 2.52. The summed E-state index contributed by atoms with van der Waals surface area (Å²) < 4.78 is 23.6. The fourth-order valence-electron chi connectivity index (χ4n) is 5.78. The first-order chi connectivity index (χ1) is 10.3. The Kier molecular flexibility index (Phi) is 3.12. The summed E-state index contributed by atoms with van der Waals surface area (Å²) in [5.41, 5.74) is 1.63. The third-order valence-electron chi connectivity index (χ3n) is 6.09. The molecule has 120 valence electrons. The molecular formula is C17H21ClO3S. The molecule has 0 unspecified atom stereocenters. The van der Waals surface area contributed by atoms with Crippen molar-refractivity contribution in [1.29, 1.82) is 0 Å². The summed E-state index contributed by atoms with van der Waals surface area (Å²) >= 11 is 0. The van der Waals surface area contributed by atoms with Gasteiger partial charge in [0.25, 0.3) is 9.05 Å². The largest absolute Gasteiger partial charge is 0.506 e. The molecule has 4 saturated carbocycles. The van der Waals surface area contributed by atoms with Gasteiger partial charge in [-0.2, -0.15) is 0 Å². The number of aryl methyl sites for hydroxylation is 1. The Morgan fingerprint density at radius 3 is 2.05 bits per heavy atom. The van der Waals surface area contributed by atoms with Crippen LogP contribution in [0.25, 0.3) is 0 Å². The topological polar surface area (TPSA) is 54.4 Å². The summed E-state index contributed by atoms with van der Waals surface area (Å²) in [5.74, 6) is 2.11. The van der Waals surface area contributed by atoms with Gasteiger partial charge in [0, 0.05) is 16.2 Å². The first-order valence-corrected chi connectivity index (χ1v) is 10.4. The van der Waals surface area contributed by atoms with Gasteiger partial charge in [0.1, 0.15) is 10.6 Å². The molecule has 5 heteroatoms. The van der Waals surface area contributed by atoms with E-state index < -0.39 is 9.05 Å². The van der Waals surface area contributed by atoms with Crippen molar-refractivity contribution in [3.05, 3.63) is 23.3 Å². The number of benzene rings is 1. The van der Waals surface area contributed by atoms with E-state index >= 15 is 0 Å². The van der Waals surface area contributed by atoms with Gasteiger partial charge in [-0.3, -0.25) is 0 Å². The van der Waals surface area contributed by atoms with Crippen molar-refractivity contribution in [1.82, 2.24) is 0 Å². The number of phenolic OH excluding ortho intramolecular Hbond substituents is 1. The summed E-state index contributed by atoms with van der Waals surface area (Å²) in [6, 6.07) is 3.45. The van der Waals surface area contributed by atoms with E-state index in [1.54, 1.807) is 0 Å². The summed E-state index contributed by atoms with van der Waals surface area (Å²) in [4.78, 5) is -0.125. The van der Waals surface area contributed by atoms with E-state index in [1.807, 2.05) is 13.0 Å². The van der Waals surface area contributed by atoms with Crippen LogP contribution in [0.5, 0.6) is 5.75 Å². The van der Waals surface area contributed by atoms with Crippen molar-refractivity contribution in [2.75, 3.05) is 0 Å². The number of phenols is 1. The molecule has 0 aliphatic heterocycles. The molecule has 1 N–H and O–H groups in total. The predicted octanol–water partition coefficient (Wildman–Crippen LogP) is 4.10. The fraction of sp³-hybridized carbons (Fsp3) is 0.647. The molecular weight excluding hydrogens is 320 g/mol. The molecule has 0 atom stereocenters. The number of hydrogen-bond acceptors (Lipinski definition) is 3. The standard InChI is InChI=1S/C17H21ClO3S/c1-10-2-14(16(19)15(3-10)22(18,20)21)17-7-11-4-12(8-17)6-13(5-11)9-17/h2-3,11-13,19H,4-9H2,1H3. The number of rotatable bonds is 2. The van der Waals surface area contributed by atoms with Crippen LogP contribution in [-0.4, -0.2) is 13.5 Å². The first-order valence-electron chi connectivity index (χ1n) is 8.05. The molecule has 1 aromatic rings. The molecule has 5 rings (SSSR count). The zero-order chi connectivity index (χ0) is 15.7. The predicted molar refractivity (Wildman–Crippen MR) is 85.7 cm³/mol. The Labute approximate surface area is 136 Å². The van der Waals surface area contributed by atoms with Gasteiger partial charge in [-0.05, 0) is 80.2 Å². The maximum atomic E-state index is 11.8. The van der Waals surface area contributed by atoms with E-state index in [4.69, 9.17) is 10.7 Å². The molecule has 0 radical (unpaired) electrons. The summed E-state index contributed by atoms with van der Waals surface area (Å²) in [6.45, 7) is 1.87. The molecule has 1 aromatic carbocycles. The summed E-state index contributed by atoms with van der Waals surface area (Å²) in [6.07, 6.45) is 7.18. The highest BCUT2D eigenvalue weighted by atomic mass is 35.7. The van der Waals surface area contributed by atoms with Crippen LogP contribution < -0.4 is 0 Å². The van der Waals surface area contributed by atoms with Crippen LogP contribution in [0.2, 0.25) is 0 Å². The SMILES string of the molecule is Cc1cc(C23CC4CC(CC(C4)C2)C3)c(O)c(S(=O)(=O)Cl)c1. The van der Waals surface area contributed by atoms with Crippen molar-refractivity contribution in [3.63, 3.8) is 0 Å². The lowest BCUT2D eigenvalue weighted by Crippen LogP contribution is -2.48. The molecule has 4 aliphatic rings. The quantitative estimate of drug-likeness (QED) is 0.825. The maximum absolute atomic E-state index is 11.8. The zero-order valence-electron chi connectivity index (χ0n) is 12.7. The average Bonchev–Trinajstić information content (AvgIpc) is 2.38. The normalized spacial score (nSPS) is 36.7. The average molecular weight is 341 g/mol. The van der Waals surface area contributed by atoms with Crippen LogP contribution in [0.4, 0.5) is 0 Å². The lowest BCUT2D eigenvalue weighted by atomic mass is 9.48. The van der Waals surface area contributed by atoms with Crippen LogP contribution in [0.1, 0.15) is 49.7 Å². The van der Waals surface area contributed by atoms with Crippen LogP contribution in [-0.2, 0) is 14.5 Å². The molecule has 4 fully saturated rings. The van der Waals surface area contributed by atoms with Crippen molar-refractivity contribution in [3.8, 4) is 5.75 Å². The maximum Gasteiger partial charge on any atom is 0.264 e. The lowest BCUT2D eigenvalue weighted by molar-refractivity contribution is -0.00631. The molecule has 0 spiro atoms. The molecule has 4 aliphatic carbocycles. The van der Waals surface area contributed by atoms with Crippen molar-refractivity contribution in [2.45, 2.75) is 55.8 Å². The molecule has 0 aromatic heterocycles. The van der Waals surface area contributed by atoms with Crippen molar-refractivity contribution < 1.29 is 13.5 Å². The second-order valence-corrected chi connectivity index (χ2v) is 10.3. The van der Waals surface area contributed by atoms with Crippen LogP contribution in [0.3, 0.4) is 0 Å². The summed E-state index contributed by atoms with van der Waals surface area (Å²) in [7, 11) is 1.60. The highest BCUT2D eigenvalue weighted by molar-refractivity contribution is 8.13. The summed E-state index contributed by atoms with van der Waals surface area (Å²) in [5, 5.41) is 10.6. The van der Waals surface area contributed by atoms with Crippen molar-refractivity contribution in [2.24, 2.45) is 17.8 Å². The molecule has 0 saturated heterocycles. The second-order valence-electron chi connectivity index (χ2n) is 7.79. The Morgan fingerprint density at radius 2 is 1.59 bits per heavy atom. The zero-order valence-corrected chi connectivity index (χ0v) is 14.3. The second kappa shape index (κ2) is 4.64. The first kappa shape index (κ1) is 14.8. The Balaban J connectivity index is 1.88. The molecule has 22 heavy (non-hydrogen) atoms. The Morgan fingerprint density at radius 1 is 1.09 bits per heavy atom. The van der Waals surface area contributed by atoms with E-state index in [2.05, 4.69) is 0 Å². The number of halogens is 1. The minimum absolute atomic E-state index is 0.0405. The van der Waals surface area contributed by atoms with E-state index in [0.29, 0.717) is 0 Å². The molecule has 4 bridgehead atoms. The van der Waals surface area contributed by atoms with Gasteiger partial charge in [0.05, 0.1) is 0 Å². The van der Waals surface area contributed by atoms with Gasteiger partial charge in [0.15, 0.2) is 0 Å². The highest BCUT2D eigenvalue weighted by Crippen LogP contribution is 2.62. The fourth-order valence-corrected chi connectivity index (χ4v) is 6.80. The van der Waals surface area contributed by atoms with E-state index in [-0.39, 0.29) is 16.1 Å².